The number of halogens is 1. The average Bonchev–Trinajstić information content (AvgIpc) is 2.66. The number of hydrogen-bond acceptors (Lipinski definition) is 4. The second-order valence-corrected chi connectivity index (χ2v) is 7.56. The number of benzene rings is 2. The maximum atomic E-state index is 12.4. The average molecular weight is 495 g/mol. The Kier molecular flexibility index (Phi) is 8.31. The number of carboxylic acid groups (broad SMARTS) is 1. The molecule has 0 unspecified atom stereocenters. The Labute approximate surface area is 177 Å². The molecule has 3 N–H and O–H groups in total. The SMILES string of the molecule is C[C@@H](CC/C=C/C(=O)O)[C@H](OC(=O)Nc1ccccc1)c1cc(I)ccc1O. The number of aliphatic carboxylic acids is 1. The summed E-state index contributed by atoms with van der Waals surface area (Å²) in [7, 11) is 0. The third-order valence-corrected chi connectivity index (χ3v) is 4.79. The first-order valence-electron chi connectivity index (χ1n) is 8.77. The topological polar surface area (TPSA) is 95.9 Å². The third kappa shape index (κ3) is 6.88. The number of phenolic OH excluding ortho intramolecular Hbond substituents is 1. The maximum Gasteiger partial charge on any atom is 0.412 e. The van der Waals surface area contributed by atoms with Gasteiger partial charge in [0.05, 0.1) is 0 Å². The predicted molar refractivity (Wildman–Crippen MR) is 115 cm³/mol. The van der Waals surface area contributed by atoms with Gasteiger partial charge in [-0.25, -0.2) is 9.59 Å². The lowest BCUT2D eigenvalue weighted by Crippen LogP contribution is -2.22. The van der Waals surface area contributed by atoms with Gasteiger partial charge in [-0.3, -0.25) is 5.32 Å². The molecule has 2 rings (SSSR count). The number of anilines is 1. The normalized spacial score (nSPS) is 13.1. The minimum Gasteiger partial charge on any atom is -0.508 e. The molecule has 0 aromatic heterocycles. The van der Waals surface area contributed by atoms with Crippen LogP contribution in [0.4, 0.5) is 10.5 Å². The Balaban J connectivity index is 2.16. The van der Waals surface area contributed by atoms with Gasteiger partial charge in [0.2, 0.25) is 0 Å². The predicted octanol–water partition coefficient (Wildman–Crippen LogP) is 5.34. The summed E-state index contributed by atoms with van der Waals surface area (Å²) in [6, 6.07) is 14.1. The number of aromatic hydroxyl groups is 1. The summed E-state index contributed by atoms with van der Waals surface area (Å²) in [5, 5.41) is 21.7. The molecule has 6 nitrogen and oxygen atoms in total. The molecule has 2 atom stereocenters. The van der Waals surface area contributed by atoms with Crippen LogP contribution >= 0.6 is 22.6 Å². The van der Waals surface area contributed by atoms with Gasteiger partial charge in [0, 0.05) is 20.9 Å². The highest BCUT2D eigenvalue weighted by Gasteiger charge is 2.26. The van der Waals surface area contributed by atoms with Gasteiger partial charge in [-0.05, 0) is 71.7 Å². The summed E-state index contributed by atoms with van der Waals surface area (Å²) in [5.74, 6) is -1.10. The lowest BCUT2D eigenvalue weighted by atomic mass is 9.92. The van der Waals surface area contributed by atoms with E-state index < -0.39 is 18.2 Å². The van der Waals surface area contributed by atoms with Gasteiger partial charge in [0.1, 0.15) is 11.9 Å². The molecule has 2 aromatic carbocycles. The number of amides is 1. The zero-order chi connectivity index (χ0) is 20.5. The van der Waals surface area contributed by atoms with Crippen LogP contribution in [0.3, 0.4) is 0 Å². The lowest BCUT2D eigenvalue weighted by Gasteiger charge is -2.25. The van der Waals surface area contributed by atoms with Gasteiger partial charge < -0.3 is 14.9 Å². The van der Waals surface area contributed by atoms with Gasteiger partial charge in [0.15, 0.2) is 0 Å². The van der Waals surface area contributed by atoms with Crippen LogP contribution in [-0.2, 0) is 9.53 Å². The lowest BCUT2D eigenvalue weighted by molar-refractivity contribution is -0.131. The molecule has 148 valence electrons. The van der Waals surface area contributed by atoms with Crippen molar-refractivity contribution in [2.75, 3.05) is 5.32 Å². The molecule has 0 saturated carbocycles. The van der Waals surface area contributed by atoms with Crippen LogP contribution < -0.4 is 5.32 Å². The number of ether oxygens (including phenoxy) is 1. The number of carbonyl (C=O) groups is 2. The standard InChI is InChI=1S/C21H22INO5/c1-14(7-5-6-10-19(25)26)20(17-13-15(22)11-12-18(17)24)28-21(27)23-16-8-3-2-4-9-16/h2-4,6,8-14,20,24H,5,7H2,1H3,(H,23,27)(H,25,26)/b10-6+/t14-,20-/m0/s1. The number of carbonyl (C=O) groups excluding carboxylic acids is 1. The molecular formula is C21H22INO5. The summed E-state index contributed by atoms with van der Waals surface area (Å²) in [5.41, 5.74) is 1.12. The Morgan fingerprint density at radius 2 is 1.93 bits per heavy atom. The number of allylic oxidation sites excluding steroid dienone is 1. The summed E-state index contributed by atoms with van der Waals surface area (Å²) in [6.07, 6.45) is 2.44. The van der Waals surface area contributed by atoms with Gasteiger partial charge in [0.25, 0.3) is 0 Å². The first-order valence-corrected chi connectivity index (χ1v) is 9.85. The Hall–Kier alpha value is -2.55. The highest BCUT2D eigenvalue weighted by molar-refractivity contribution is 14.1. The number of nitrogens with one attached hydrogen (secondary N) is 1. The molecule has 0 bridgehead atoms. The second-order valence-electron chi connectivity index (χ2n) is 6.32. The molecule has 2 aromatic rings. The van der Waals surface area contributed by atoms with Gasteiger partial charge in [-0.1, -0.05) is 31.2 Å². The van der Waals surface area contributed by atoms with Crippen LogP contribution in [0.2, 0.25) is 0 Å². The molecule has 7 heteroatoms. The molecule has 0 aliphatic carbocycles. The van der Waals surface area contributed by atoms with E-state index in [0.29, 0.717) is 24.1 Å². The quantitative estimate of drug-likeness (QED) is 0.339. The van der Waals surface area contributed by atoms with Crippen molar-refractivity contribution in [3.05, 3.63) is 69.8 Å². The molecule has 0 spiro atoms. The highest BCUT2D eigenvalue weighted by atomic mass is 127. The van der Waals surface area contributed by atoms with Gasteiger partial charge in [-0.15, -0.1) is 0 Å². The first-order chi connectivity index (χ1) is 13.4. The number of carboxylic acids is 1. The fourth-order valence-electron chi connectivity index (χ4n) is 2.72. The first kappa shape index (κ1) is 21.7. The van der Waals surface area contributed by atoms with Crippen molar-refractivity contribution in [3.8, 4) is 5.75 Å². The monoisotopic (exact) mass is 495 g/mol. The van der Waals surface area contributed by atoms with E-state index in [0.717, 1.165) is 9.65 Å². The fraction of sp³-hybridized carbons (Fsp3) is 0.238. The molecule has 0 aliphatic heterocycles. The van der Waals surface area contributed by atoms with Crippen LogP contribution in [0, 0.1) is 9.49 Å². The van der Waals surface area contributed by atoms with Gasteiger partial charge in [-0.2, -0.15) is 0 Å². The maximum absolute atomic E-state index is 12.4. The van der Waals surface area contributed by atoms with E-state index in [1.165, 1.54) is 0 Å². The Bertz CT molecular complexity index is 838. The van der Waals surface area contributed by atoms with E-state index in [1.807, 2.05) is 13.0 Å². The summed E-state index contributed by atoms with van der Waals surface area (Å²) in [6.45, 7) is 1.90. The fourth-order valence-corrected chi connectivity index (χ4v) is 3.23. The van der Waals surface area contributed by atoms with Crippen LogP contribution in [0.5, 0.6) is 5.75 Å². The molecular weight excluding hydrogens is 473 g/mol. The molecule has 0 radical (unpaired) electrons. The second kappa shape index (κ2) is 10.7. The summed E-state index contributed by atoms with van der Waals surface area (Å²) >= 11 is 2.13. The van der Waals surface area contributed by atoms with E-state index in [2.05, 4.69) is 27.9 Å². The number of phenols is 1. The van der Waals surface area contributed by atoms with Crippen LogP contribution in [0.1, 0.15) is 31.4 Å². The van der Waals surface area contributed by atoms with Crippen LogP contribution in [0.25, 0.3) is 0 Å². The molecule has 28 heavy (non-hydrogen) atoms. The zero-order valence-electron chi connectivity index (χ0n) is 15.3. The van der Waals surface area contributed by atoms with Crippen molar-refractivity contribution in [2.45, 2.75) is 25.9 Å². The Morgan fingerprint density at radius 3 is 2.61 bits per heavy atom. The molecule has 1 amide bonds. The van der Waals surface area contributed by atoms with Crippen molar-refractivity contribution in [1.82, 2.24) is 0 Å². The number of rotatable bonds is 8. The smallest absolute Gasteiger partial charge is 0.412 e. The molecule has 0 fully saturated rings. The third-order valence-electron chi connectivity index (χ3n) is 4.12. The molecule has 0 heterocycles. The van der Waals surface area contributed by atoms with E-state index in [-0.39, 0.29) is 11.7 Å². The highest BCUT2D eigenvalue weighted by Crippen LogP contribution is 2.36. The van der Waals surface area contributed by atoms with Crippen molar-refractivity contribution in [3.63, 3.8) is 0 Å². The molecule has 0 aliphatic rings. The zero-order valence-corrected chi connectivity index (χ0v) is 17.5. The minimum atomic E-state index is -1.00. The summed E-state index contributed by atoms with van der Waals surface area (Å²) in [4.78, 5) is 23.0. The van der Waals surface area contributed by atoms with E-state index in [9.17, 15) is 14.7 Å². The van der Waals surface area contributed by atoms with E-state index >= 15 is 0 Å². The van der Waals surface area contributed by atoms with Crippen molar-refractivity contribution in [2.24, 2.45) is 5.92 Å². The van der Waals surface area contributed by atoms with Gasteiger partial charge >= 0.3 is 12.1 Å². The van der Waals surface area contributed by atoms with E-state index in [4.69, 9.17) is 9.84 Å². The number of hydrogen-bond donors (Lipinski definition) is 3. The van der Waals surface area contributed by atoms with Crippen LogP contribution in [0.15, 0.2) is 60.7 Å². The minimum absolute atomic E-state index is 0.0471. The van der Waals surface area contributed by atoms with Crippen molar-refractivity contribution < 1.29 is 24.5 Å². The van der Waals surface area contributed by atoms with Crippen molar-refractivity contribution >= 4 is 40.3 Å². The summed E-state index contributed by atoms with van der Waals surface area (Å²) < 4.78 is 6.57. The number of para-hydroxylation sites is 1. The Morgan fingerprint density at radius 1 is 1.21 bits per heavy atom. The van der Waals surface area contributed by atoms with E-state index in [1.54, 1.807) is 48.5 Å². The van der Waals surface area contributed by atoms with Crippen LogP contribution in [-0.4, -0.2) is 22.3 Å². The van der Waals surface area contributed by atoms with Crippen molar-refractivity contribution in [1.29, 1.82) is 0 Å². The molecule has 0 saturated heterocycles. The largest absolute Gasteiger partial charge is 0.508 e.